The van der Waals surface area contributed by atoms with Crippen LogP contribution in [0, 0.1) is 12.1 Å². The maximum absolute atomic E-state index is 5.05. The Bertz CT molecular complexity index is 8040. The van der Waals surface area contributed by atoms with Gasteiger partial charge in [0.2, 0.25) is 0 Å². The van der Waals surface area contributed by atoms with Crippen LogP contribution < -0.4 is 0 Å². The average molecular weight is 1820 g/mol. The van der Waals surface area contributed by atoms with Crippen LogP contribution >= 0.6 is 11.3 Å². The zero-order chi connectivity index (χ0) is 84.0. The first-order valence-corrected chi connectivity index (χ1v) is 43.5. The molecule has 6 aromatic heterocycles. The van der Waals surface area contributed by atoms with E-state index in [2.05, 4.69) is 324 Å². The molecular formula is C118H79IrN7S-2. The molecule has 0 saturated heterocycles. The zero-order valence-corrected chi connectivity index (χ0v) is 72.7. The smallest absolute Gasteiger partial charge is 0.164 e. The number of aromatic nitrogens is 7. The number of fused-ring (bicyclic) bond motifs is 18. The van der Waals surface area contributed by atoms with Gasteiger partial charge in [-0.2, -0.15) is 0 Å². The number of thiophene rings is 1. The summed E-state index contributed by atoms with van der Waals surface area (Å²) >= 11 is 1.89. The molecule has 0 amide bonds. The molecule has 0 spiro atoms. The molecule has 0 atom stereocenters. The third-order valence-electron chi connectivity index (χ3n) is 24.5. The second-order valence-electron chi connectivity index (χ2n) is 32.4. The molecule has 25 rings (SSSR count). The van der Waals surface area contributed by atoms with Gasteiger partial charge in [0.1, 0.15) is 0 Å². The van der Waals surface area contributed by atoms with E-state index in [4.69, 9.17) is 15.0 Å². The summed E-state index contributed by atoms with van der Waals surface area (Å²) in [5, 5.41) is 15.5. The Balaban J connectivity index is 0.000000129. The third kappa shape index (κ3) is 14.8. The SMILES string of the molecule is CC1(C)c2ccccc2-c2cc3c4cc(-c5ccc6c(c5)c5ccccc5n6-c5cccc(-c6nc(-c7ccccc7)nc(-c7ccccc7)n6)c5)ccc4n(-c4ccccc4)c3cc21.[Ir].[c-]1ccccc1-c1cc(-c2ccccc2)ccn1.[c-]1ccccc1-c1ccccn1.c1ccc2c(c1)sc1c(-c3ccc4c5ccccc5c5ccccc5c4c3)cccc12. The van der Waals surface area contributed by atoms with Crippen molar-refractivity contribution < 1.29 is 20.1 Å². The summed E-state index contributed by atoms with van der Waals surface area (Å²) in [7, 11) is 0. The predicted octanol–water partition coefficient (Wildman–Crippen LogP) is 31.0. The van der Waals surface area contributed by atoms with E-state index in [1.807, 2.05) is 169 Å². The van der Waals surface area contributed by atoms with Crippen molar-refractivity contribution >= 4 is 107 Å². The molecular weight excluding hydrogens is 1740 g/mol. The molecule has 24 aromatic rings. The summed E-state index contributed by atoms with van der Waals surface area (Å²) in [6.07, 6.45) is 3.63. The Kier molecular flexibility index (Phi) is 21.1. The molecule has 603 valence electrons. The van der Waals surface area contributed by atoms with Crippen LogP contribution in [0.1, 0.15) is 25.0 Å². The van der Waals surface area contributed by atoms with Crippen molar-refractivity contribution in [2.24, 2.45) is 0 Å². The van der Waals surface area contributed by atoms with Gasteiger partial charge < -0.3 is 19.1 Å². The minimum atomic E-state index is -0.0935. The second kappa shape index (κ2) is 34.0. The van der Waals surface area contributed by atoms with Gasteiger partial charge in [0.15, 0.2) is 17.5 Å². The largest absolute Gasteiger partial charge is 0.309 e. The molecule has 18 aromatic carbocycles. The van der Waals surface area contributed by atoms with E-state index >= 15 is 0 Å². The van der Waals surface area contributed by atoms with E-state index in [-0.39, 0.29) is 25.5 Å². The first-order valence-electron chi connectivity index (χ1n) is 42.7. The molecule has 1 aliphatic rings. The molecule has 1 radical (unpaired) electrons. The van der Waals surface area contributed by atoms with E-state index in [1.54, 1.807) is 6.20 Å². The Morgan fingerprint density at radius 3 is 1.35 bits per heavy atom. The molecule has 0 N–H and O–H groups in total. The first-order chi connectivity index (χ1) is 62.3. The fourth-order valence-corrected chi connectivity index (χ4v) is 19.7. The van der Waals surface area contributed by atoms with Gasteiger partial charge in [0.25, 0.3) is 0 Å². The molecule has 0 fully saturated rings. The van der Waals surface area contributed by atoms with Crippen LogP contribution in [0.3, 0.4) is 0 Å². The summed E-state index contributed by atoms with van der Waals surface area (Å²) in [4.78, 5) is 23.7. The first kappa shape index (κ1) is 78.7. The fourth-order valence-electron chi connectivity index (χ4n) is 18.5. The van der Waals surface area contributed by atoms with Crippen LogP contribution in [0.25, 0.3) is 209 Å². The minimum Gasteiger partial charge on any atom is -0.309 e. The van der Waals surface area contributed by atoms with Gasteiger partial charge in [-0.1, -0.05) is 305 Å². The van der Waals surface area contributed by atoms with Crippen molar-refractivity contribution in [1.82, 2.24) is 34.1 Å². The molecule has 7 nitrogen and oxygen atoms in total. The van der Waals surface area contributed by atoms with Crippen LogP contribution in [0.15, 0.2) is 443 Å². The van der Waals surface area contributed by atoms with Crippen molar-refractivity contribution in [2.45, 2.75) is 19.3 Å². The van der Waals surface area contributed by atoms with Crippen molar-refractivity contribution in [3.05, 3.63) is 466 Å². The molecule has 6 heterocycles. The predicted molar refractivity (Wildman–Crippen MR) is 528 cm³/mol. The minimum absolute atomic E-state index is 0. The molecule has 0 saturated carbocycles. The standard InChI is InChI=1S/C60H41N5.C30H18S.C17H12N.C11H8N.Ir/c1-60(2)51-27-14-12-25-45(51)47-36-50-49-35-41(30-32-55(49)64(56(50)37-52(47)60)43-22-10-5-11-23-43)40-29-31-54-48(34-40)46-26-13-15-28-53(46)65(54)44-24-16-21-42(33-44)59-62-57(38-17-6-3-7-18-38)61-58(63-59)39-19-8-4-9-20-39;1-2-10-23-21(8-1)22-9-3-4-11-24(22)28-18-19(16-17-25(23)28)20-13-7-14-27-26-12-5-6-15-29(26)31-30(20)27;1-3-7-14(8-4-1)16-11-12-18-17(13-16)15-9-5-2-6-10-15;1-2-6-10(7-3-1)11-8-4-5-9-12-11;/h3-37H,1-2H3;1-18H;1-9,11-13H;1-6,8-9H;/q;;2*-1;. The van der Waals surface area contributed by atoms with Crippen LogP contribution in [0.4, 0.5) is 0 Å². The maximum Gasteiger partial charge on any atom is 0.164 e. The molecule has 9 heteroatoms. The van der Waals surface area contributed by atoms with Crippen molar-refractivity contribution in [1.29, 1.82) is 0 Å². The van der Waals surface area contributed by atoms with Crippen LogP contribution in [0.5, 0.6) is 0 Å². The van der Waals surface area contributed by atoms with Crippen molar-refractivity contribution in [2.75, 3.05) is 0 Å². The van der Waals surface area contributed by atoms with Crippen LogP contribution in [0.2, 0.25) is 0 Å². The second-order valence-corrected chi connectivity index (χ2v) is 33.4. The van der Waals surface area contributed by atoms with Gasteiger partial charge >= 0.3 is 0 Å². The Morgan fingerprint density at radius 1 is 0.252 bits per heavy atom. The third-order valence-corrected chi connectivity index (χ3v) is 25.7. The summed E-state index contributed by atoms with van der Waals surface area (Å²) in [5.74, 6) is 1.92. The summed E-state index contributed by atoms with van der Waals surface area (Å²) in [5.41, 5.74) is 26.4. The van der Waals surface area contributed by atoms with E-state index in [0.717, 1.165) is 61.6 Å². The van der Waals surface area contributed by atoms with Gasteiger partial charge in [0, 0.05) is 108 Å². The summed E-state index contributed by atoms with van der Waals surface area (Å²) in [6, 6.07) is 158. The van der Waals surface area contributed by atoms with E-state index in [0.29, 0.717) is 17.5 Å². The Labute approximate surface area is 754 Å². The summed E-state index contributed by atoms with van der Waals surface area (Å²) in [6.45, 7) is 4.72. The van der Waals surface area contributed by atoms with Crippen molar-refractivity contribution in [3.63, 3.8) is 0 Å². The number of hydrogen-bond donors (Lipinski definition) is 0. The number of rotatable bonds is 10. The molecule has 0 bridgehead atoms. The van der Waals surface area contributed by atoms with Gasteiger partial charge in [-0.15, -0.1) is 83.1 Å². The Hall–Kier alpha value is -15.5. The quantitative estimate of drug-likeness (QED) is 0.101. The zero-order valence-electron chi connectivity index (χ0n) is 69.5. The molecule has 0 aliphatic heterocycles. The van der Waals surface area contributed by atoms with Crippen molar-refractivity contribution in [3.8, 4) is 113 Å². The molecule has 127 heavy (non-hydrogen) atoms. The average Bonchev–Trinajstić information content (AvgIpc) is 1.56. The molecule has 0 unspecified atom stereocenters. The monoisotopic (exact) mass is 1820 g/mol. The topological polar surface area (TPSA) is 74.3 Å². The van der Waals surface area contributed by atoms with E-state index in [1.165, 1.54) is 141 Å². The number of para-hydroxylation sites is 2. The van der Waals surface area contributed by atoms with Gasteiger partial charge in [-0.25, -0.2) is 15.0 Å². The molecule has 1 aliphatic carbocycles. The number of benzene rings is 18. The summed E-state index contributed by atoms with van der Waals surface area (Å²) < 4.78 is 7.53. The van der Waals surface area contributed by atoms with E-state index in [9.17, 15) is 0 Å². The Morgan fingerprint density at radius 2 is 0.709 bits per heavy atom. The van der Waals surface area contributed by atoms with Gasteiger partial charge in [0.05, 0.1) is 22.1 Å². The van der Waals surface area contributed by atoms with Crippen LogP contribution in [-0.2, 0) is 25.5 Å². The van der Waals surface area contributed by atoms with E-state index < -0.39 is 0 Å². The van der Waals surface area contributed by atoms with Gasteiger partial charge in [-0.05, 0) is 190 Å². The maximum atomic E-state index is 5.05. The van der Waals surface area contributed by atoms with Gasteiger partial charge in [-0.3, -0.25) is 0 Å². The number of pyridine rings is 2. The normalized spacial score (nSPS) is 11.9. The number of hydrogen-bond acceptors (Lipinski definition) is 6. The number of nitrogens with zero attached hydrogens (tertiary/aromatic N) is 7. The van der Waals surface area contributed by atoms with Crippen LogP contribution in [-0.4, -0.2) is 34.1 Å². The fraction of sp³-hybridized carbons (Fsp3) is 0.0254.